The van der Waals surface area contributed by atoms with Gasteiger partial charge in [-0.2, -0.15) is 0 Å². The summed E-state index contributed by atoms with van der Waals surface area (Å²) in [5.74, 6) is 0.184. The molecule has 2 heterocycles. The number of hydrogen-bond donors (Lipinski definition) is 0. The van der Waals surface area contributed by atoms with Gasteiger partial charge in [-0.1, -0.05) is 12.8 Å². The molecule has 144 valence electrons. The lowest BCUT2D eigenvalue weighted by Crippen LogP contribution is -2.42. The molecule has 0 radical (unpaired) electrons. The Bertz CT molecular complexity index is 645. The molecule has 1 saturated heterocycles. The number of methoxy groups -OCH3 is 1. The van der Waals surface area contributed by atoms with Crippen molar-refractivity contribution in [2.24, 2.45) is 5.92 Å². The van der Waals surface area contributed by atoms with E-state index in [1.165, 1.54) is 37.7 Å². The summed E-state index contributed by atoms with van der Waals surface area (Å²) >= 11 is 1.48. The number of likely N-dealkylation sites (tertiary alicyclic amines) is 1. The van der Waals surface area contributed by atoms with Crippen LogP contribution in [0.4, 0.5) is 0 Å². The molecule has 0 spiro atoms. The molecule has 1 aromatic heterocycles. The lowest BCUT2D eigenvalue weighted by Gasteiger charge is -2.32. The zero-order chi connectivity index (χ0) is 18.7. The average molecular weight is 381 g/mol. The number of esters is 2. The van der Waals surface area contributed by atoms with E-state index >= 15 is 0 Å². The van der Waals surface area contributed by atoms with Gasteiger partial charge in [0.2, 0.25) is 0 Å². The zero-order valence-corrected chi connectivity index (χ0v) is 16.6. The van der Waals surface area contributed by atoms with Crippen LogP contribution in [0, 0.1) is 5.92 Å². The maximum absolute atomic E-state index is 12.3. The van der Waals surface area contributed by atoms with Crippen LogP contribution in [0.3, 0.4) is 0 Å². The maximum Gasteiger partial charge on any atom is 0.323 e. The normalized spacial score (nSPS) is 25.9. The maximum atomic E-state index is 12.3. The highest BCUT2D eigenvalue weighted by atomic mass is 32.1. The monoisotopic (exact) mass is 380 g/mol. The van der Waals surface area contributed by atoms with Crippen molar-refractivity contribution in [3.63, 3.8) is 0 Å². The molecule has 3 rings (SSSR count). The number of nitrogens with zero attached hydrogens (tertiary/aromatic N) is 2. The number of thiazole rings is 1. The minimum absolute atomic E-state index is 0.115. The van der Waals surface area contributed by atoms with Crippen molar-refractivity contribution < 1.29 is 19.1 Å². The molecule has 1 aliphatic carbocycles. The predicted octanol–water partition coefficient (Wildman–Crippen LogP) is 2.94. The summed E-state index contributed by atoms with van der Waals surface area (Å²) in [6, 6.07) is 0.257. The van der Waals surface area contributed by atoms with E-state index in [1.54, 1.807) is 0 Å². The Labute approximate surface area is 158 Å². The third-order valence-corrected chi connectivity index (χ3v) is 6.20. The molecule has 2 fully saturated rings. The first-order valence-electron chi connectivity index (χ1n) is 9.44. The summed E-state index contributed by atoms with van der Waals surface area (Å²) < 4.78 is 10.2. The molecule has 0 unspecified atom stereocenters. The number of ether oxygens (including phenoxy) is 2. The molecular weight excluding hydrogens is 352 g/mol. The number of rotatable bonds is 6. The van der Waals surface area contributed by atoms with E-state index in [9.17, 15) is 9.59 Å². The Balaban J connectivity index is 1.67. The molecule has 3 atom stereocenters. The molecule has 26 heavy (non-hydrogen) atoms. The summed E-state index contributed by atoms with van der Waals surface area (Å²) in [5.41, 5.74) is 0.919. The quantitative estimate of drug-likeness (QED) is 0.707. The first kappa shape index (κ1) is 19.3. The van der Waals surface area contributed by atoms with Crippen molar-refractivity contribution >= 4 is 23.3 Å². The summed E-state index contributed by atoms with van der Waals surface area (Å²) in [7, 11) is 1.46. The molecule has 0 aromatic carbocycles. The van der Waals surface area contributed by atoms with E-state index in [2.05, 4.69) is 9.88 Å². The van der Waals surface area contributed by atoms with E-state index in [4.69, 9.17) is 9.47 Å². The number of carbonyl (C=O) groups excluding carboxylic acids is 2. The highest BCUT2D eigenvalue weighted by Crippen LogP contribution is 2.40. The third-order valence-electron chi connectivity index (χ3n) is 5.30. The fraction of sp³-hybridized carbons (Fsp3) is 0.737. The van der Waals surface area contributed by atoms with E-state index in [-0.39, 0.29) is 30.5 Å². The highest BCUT2D eigenvalue weighted by molar-refractivity contribution is 7.09. The SMILES string of the molecule is COC(=O)[C@@H]1C[C@@H]2CCCC[C@@H]2N1Cc1csc(CC(=O)OC(C)C)n1. The molecule has 1 aliphatic heterocycles. The first-order valence-corrected chi connectivity index (χ1v) is 10.3. The van der Waals surface area contributed by atoms with Crippen molar-refractivity contribution in [1.82, 2.24) is 9.88 Å². The van der Waals surface area contributed by atoms with Gasteiger partial charge in [0.25, 0.3) is 0 Å². The number of carbonyl (C=O) groups is 2. The van der Waals surface area contributed by atoms with E-state index in [0.29, 0.717) is 18.5 Å². The average Bonchev–Trinajstić information content (AvgIpc) is 3.18. The second kappa shape index (κ2) is 8.48. The van der Waals surface area contributed by atoms with Crippen LogP contribution in [0.5, 0.6) is 0 Å². The Morgan fingerprint density at radius 2 is 2.12 bits per heavy atom. The van der Waals surface area contributed by atoms with Gasteiger partial charge in [0.15, 0.2) is 0 Å². The van der Waals surface area contributed by atoms with Gasteiger partial charge in [0.1, 0.15) is 11.0 Å². The van der Waals surface area contributed by atoms with Gasteiger partial charge in [-0.3, -0.25) is 14.5 Å². The minimum atomic E-state index is -0.248. The van der Waals surface area contributed by atoms with Crippen molar-refractivity contribution in [2.75, 3.05) is 7.11 Å². The second-order valence-corrected chi connectivity index (χ2v) is 8.45. The predicted molar refractivity (Wildman–Crippen MR) is 98.8 cm³/mol. The largest absolute Gasteiger partial charge is 0.468 e. The molecule has 2 aliphatic rings. The molecule has 0 N–H and O–H groups in total. The fourth-order valence-corrected chi connectivity index (χ4v) is 5.04. The number of hydrogen-bond acceptors (Lipinski definition) is 7. The lowest BCUT2D eigenvalue weighted by atomic mass is 9.85. The minimum Gasteiger partial charge on any atom is -0.468 e. The van der Waals surface area contributed by atoms with Crippen molar-refractivity contribution in [1.29, 1.82) is 0 Å². The fourth-order valence-electron chi connectivity index (χ4n) is 4.27. The Kier molecular flexibility index (Phi) is 6.29. The zero-order valence-electron chi connectivity index (χ0n) is 15.8. The van der Waals surface area contributed by atoms with E-state index in [0.717, 1.165) is 23.5 Å². The Morgan fingerprint density at radius 1 is 1.35 bits per heavy atom. The molecule has 0 bridgehead atoms. The summed E-state index contributed by atoms with van der Waals surface area (Å²) in [6.45, 7) is 4.31. The van der Waals surface area contributed by atoms with Crippen molar-refractivity contribution in [2.45, 2.75) is 77.1 Å². The molecular formula is C19H28N2O4S. The van der Waals surface area contributed by atoms with Gasteiger partial charge >= 0.3 is 11.9 Å². The standard InChI is InChI=1S/C19H28N2O4S/c1-12(2)25-18(22)9-17-20-14(11-26-17)10-21-15-7-5-4-6-13(15)8-16(21)19(23)24-3/h11-13,15-16H,4-10H2,1-3H3/t13-,15-,16-/m0/s1. The van der Waals surface area contributed by atoms with Crippen LogP contribution in [0.2, 0.25) is 0 Å². The molecule has 7 heteroatoms. The van der Waals surface area contributed by atoms with Gasteiger partial charge in [-0.15, -0.1) is 11.3 Å². The summed E-state index contributed by atoms with van der Waals surface area (Å²) in [6.07, 6.45) is 5.77. The van der Waals surface area contributed by atoms with Gasteiger partial charge in [-0.05, 0) is 39.0 Å². The highest BCUT2D eigenvalue weighted by Gasteiger charge is 2.45. The lowest BCUT2D eigenvalue weighted by molar-refractivity contribution is -0.147. The number of fused-ring (bicyclic) bond motifs is 1. The van der Waals surface area contributed by atoms with Gasteiger partial charge < -0.3 is 9.47 Å². The van der Waals surface area contributed by atoms with E-state index in [1.807, 2.05) is 19.2 Å². The van der Waals surface area contributed by atoms with Gasteiger partial charge in [-0.25, -0.2) is 4.98 Å². The first-order chi connectivity index (χ1) is 12.5. The summed E-state index contributed by atoms with van der Waals surface area (Å²) in [4.78, 5) is 31.0. The van der Waals surface area contributed by atoms with Crippen LogP contribution in [-0.2, 0) is 32.0 Å². The molecule has 1 aromatic rings. The smallest absolute Gasteiger partial charge is 0.323 e. The Hall–Kier alpha value is -1.47. The number of aromatic nitrogens is 1. The van der Waals surface area contributed by atoms with Crippen LogP contribution in [-0.4, -0.2) is 47.1 Å². The van der Waals surface area contributed by atoms with Crippen molar-refractivity contribution in [3.8, 4) is 0 Å². The third kappa shape index (κ3) is 4.43. The molecule has 1 saturated carbocycles. The van der Waals surface area contributed by atoms with Crippen LogP contribution in [0.15, 0.2) is 5.38 Å². The van der Waals surface area contributed by atoms with Crippen LogP contribution >= 0.6 is 11.3 Å². The second-order valence-electron chi connectivity index (χ2n) is 7.51. The van der Waals surface area contributed by atoms with E-state index < -0.39 is 0 Å². The Morgan fingerprint density at radius 3 is 2.85 bits per heavy atom. The van der Waals surface area contributed by atoms with Crippen LogP contribution < -0.4 is 0 Å². The van der Waals surface area contributed by atoms with Gasteiger partial charge in [0, 0.05) is 18.0 Å². The van der Waals surface area contributed by atoms with Crippen LogP contribution in [0.1, 0.15) is 56.7 Å². The molecule has 6 nitrogen and oxygen atoms in total. The van der Waals surface area contributed by atoms with Gasteiger partial charge in [0.05, 0.1) is 25.3 Å². The topological polar surface area (TPSA) is 68.7 Å². The van der Waals surface area contributed by atoms with Crippen LogP contribution in [0.25, 0.3) is 0 Å². The van der Waals surface area contributed by atoms with Crippen molar-refractivity contribution in [3.05, 3.63) is 16.1 Å². The summed E-state index contributed by atoms with van der Waals surface area (Å²) in [5, 5.41) is 2.75. The molecule has 0 amide bonds.